The molecule has 0 amide bonds. The lowest BCUT2D eigenvalue weighted by molar-refractivity contribution is -0.137. The molecule has 3 aromatic rings. The van der Waals surface area contributed by atoms with Gasteiger partial charge in [-0.3, -0.25) is 9.59 Å². The van der Waals surface area contributed by atoms with E-state index in [1.807, 2.05) is 24.3 Å². The predicted octanol–water partition coefficient (Wildman–Crippen LogP) is 6.60. The molecule has 9 N–H and O–H groups in total. The summed E-state index contributed by atoms with van der Waals surface area (Å²) in [5, 5.41) is 52.4. The van der Waals surface area contributed by atoms with Crippen molar-refractivity contribution in [3.05, 3.63) is 94.8 Å². The van der Waals surface area contributed by atoms with E-state index >= 15 is 0 Å². The minimum atomic E-state index is -1.20. The molecule has 3 aromatic carbocycles. The maximum atomic E-state index is 14.7. The van der Waals surface area contributed by atoms with Gasteiger partial charge in [0.1, 0.15) is 11.2 Å². The summed E-state index contributed by atoms with van der Waals surface area (Å²) in [6.45, 7) is 6.45. The first-order valence-corrected chi connectivity index (χ1v) is 25.8. The highest BCUT2D eigenvalue weighted by atomic mass is 16.5. The SMILES string of the molecule is CCNC[C@H]1[C@@H]([C@H]2CC[C@]3(C#C[C@H](CC[C@H](O)C[C@H](C4=CCNC(N)=C4)c4ccc5ccccc5c4)c4cc(O)c(OC)cc4CCC3=O)[C@H](O)C2)C[C@H]2CN[C@H]3CC(=O)CC[C@@H]3[C@@H]2[C@@H]1CNC. The maximum Gasteiger partial charge on any atom is 0.160 e. The number of carbonyl (C=O) groups excluding carboxylic acids is 2. The number of ketones is 2. The zero-order valence-electron chi connectivity index (χ0n) is 40.4. The second-order valence-electron chi connectivity index (χ2n) is 21.2. The summed E-state index contributed by atoms with van der Waals surface area (Å²) < 4.78 is 5.57. The van der Waals surface area contributed by atoms with Crippen LogP contribution in [0, 0.1) is 58.7 Å². The lowest BCUT2D eigenvalue weighted by atomic mass is 9.50. The topological polar surface area (TPSA) is 178 Å². The standard InChI is InChI=1S/C57H75N5O6/c1-4-60-33-48-47(24-41-31-62-50-29-43(64)14-15-44(50)56(41)49(48)32-59-2)39-18-21-57(54(67)26-39)20-17-35(46-30-51(65)52(68-3)25-38(46)12-16-53(57)66)11-13-42(63)28-45(40-19-22-61-55(58)27-40)37-10-9-34-7-5-6-8-36(34)23-37/h5-10,19,23,25,27,30,35,39,41-42,44-45,47-50,54,56,59-63,65,67H,4,11-16,18,21-22,24,26,28-29,31-33,58H2,1-3H3/t35-,39-,41-,42-,44-,45-,47+,48-,49+,50-,54+,56+,57-/m0/s1. The molecule has 0 unspecified atom stereocenters. The van der Waals surface area contributed by atoms with Crippen LogP contribution in [0.2, 0.25) is 0 Å². The Kier molecular flexibility index (Phi) is 15.0. The summed E-state index contributed by atoms with van der Waals surface area (Å²) in [4.78, 5) is 27.3. The Bertz CT molecular complexity index is 2440. The molecule has 11 nitrogen and oxygen atoms in total. The lowest BCUT2D eigenvalue weighted by Crippen LogP contribution is -2.61. The van der Waals surface area contributed by atoms with Gasteiger partial charge >= 0.3 is 0 Å². The molecular weight excluding hydrogens is 851 g/mol. The normalized spacial score (nSPS) is 32.4. The minimum Gasteiger partial charge on any atom is -0.504 e. The monoisotopic (exact) mass is 926 g/mol. The predicted molar refractivity (Wildman–Crippen MR) is 268 cm³/mol. The van der Waals surface area contributed by atoms with Crippen LogP contribution in [-0.2, 0) is 16.0 Å². The third-order valence-corrected chi connectivity index (χ3v) is 17.5. The number of Topliss-reactive ketones (excluding diaryl/α,β-unsaturated/α-hetero) is 2. The number of phenols is 1. The van der Waals surface area contributed by atoms with E-state index in [2.05, 4.69) is 83.5 Å². The van der Waals surface area contributed by atoms with E-state index in [0.717, 1.165) is 78.5 Å². The van der Waals surface area contributed by atoms with Gasteiger partial charge in [-0.05, 0) is 184 Å². The van der Waals surface area contributed by atoms with Crippen molar-refractivity contribution in [2.45, 2.75) is 114 Å². The van der Waals surface area contributed by atoms with E-state index < -0.39 is 23.5 Å². The van der Waals surface area contributed by atoms with Crippen LogP contribution in [0.4, 0.5) is 0 Å². The van der Waals surface area contributed by atoms with Crippen LogP contribution in [0.1, 0.15) is 106 Å². The number of methoxy groups -OCH3 is 1. The van der Waals surface area contributed by atoms with Crippen molar-refractivity contribution in [3.63, 3.8) is 0 Å². The molecule has 1 saturated heterocycles. The Balaban J connectivity index is 0.978. The number of piperidine rings is 1. The fourth-order valence-electron chi connectivity index (χ4n) is 14.1. The number of hydrogen-bond acceptors (Lipinski definition) is 11. The number of aliphatic hydroxyl groups excluding tert-OH is 2. The van der Waals surface area contributed by atoms with Crippen molar-refractivity contribution < 1.29 is 29.6 Å². The largest absolute Gasteiger partial charge is 0.504 e. The van der Waals surface area contributed by atoms with Crippen LogP contribution in [-0.4, -0.2) is 92.0 Å². The Hall–Kier alpha value is -4.70. The average molecular weight is 926 g/mol. The molecule has 0 bridgehead atoms. The third-order valence-electron chi connectivity index (χ3n) is 17.5. The first-order chi connectivity index (χ1) is 33.0. The van der Waals surface area contributed by atoms with Gasteiger partial charge in [-0.25, -0.2) is 0 Å². The average Bonchev–Trinajstić information content (AvgIpc) is 3.39. The Morgan fingerprint density at radius 2 is 1.82 bits per heavy atom. The zero-order valence-corrected chi connectivity index (χ0v) is 40.4. The van der Waals surface area contributed by atoms with Gasteiger partial charge in [0.2, 0.25) is 0 Å². The number of aliphatic hydroxyl groups is 2. The Labute approximate surface area is 403 Å². The lowest BCUT2D eigenvalue weighted by Gasteiger charge is -2.58. The van der Waals surface area contributed by atoms with Crippen molar-refractivity contribution >= 4 is 22.3 Å². The molecule has 1 spiro atoms. The molecule has 4 aliphatic carbocycles. The van der Waals surface area contributed by atoms with Gasteiger partial charge in [-0.1, -0.05) is 67.3 Å². The van der Waals surface area contributed by atoms with Gasteiger partial charge in [-0.2, -0.15) is 0 Å². The summed E-state index contributed by atoms with van der Waals surface area (Å²) in [5.41, 5.74) is 8.99. The van der Waals surface area contributed by atoms with Gasteiger partial charge < -0.3 is 47.1 Å². The molecule has 3 saturated carbocycles. The highest BCUT2D eigenvalue weighted by Crippen LogP contribution is 2.55. The van der Waals surface area contributed by atoms with Crippen molar-refractivity contribution in [1.29, 1.82) is 0 Å². The van der Waals surface area contributed by atoms with E-state index in [9.17, 15) is 24.9 Å². The van der Waals surface area contributed by atoms with Crippen LogP contribution in [0.15, 0.2) is 78.1 Å². The number of carbonyl (C=O) groups is 2. The first-order valence-electron chi connectivity index (χ1n) is 25.8. The van der Waals surface area contributed by atoms with Crippen molar-refractivity contribution in [3.8, 4) is 23.3 Å². The number of rotatable bonds is 14. The summed E-state index contributed by atoms with van der Waals surface area (Å²) in [5.74, 6) is 10.9. The summed E-state index contributed by atoms with van der Waals surface area (Å²) in [6.07, 6.45) is 9.76. The number of nitrogens with two attached hydrogens (primary N) is 1. The number of fused-ring (bicyclic) bond motifs is 5. The maximum absolute atomic E-state index is 14.7. The molecule has 4 fully saturated rings. The van der Waals surface area contributed by atoms with Gasteiger partial charge in [0.25, 0.3) is 0 Å². The number of hydrogen-bond donors (Lipinski definition) is 8. The molecular formula is C57H75N5O6. The third kappa shape index (κ3) is 9.87. The molecule has 2 aliphatic heterocycles. The van der Waals surface area contributed by atoms with E-state index in [1.54, 1.807) is 6.07 Å². The van der Waals surface area contributed by atoms with E-state index in [1.165, 1.54) is 7.11 Å². The van der Waals surface area contributed by atoms with Crippen LogP contribution in [0.3, 0.4) is 0 Å². The van der Waals surface area contributed by atoms with Gasteiger partial charge in [0, 0.05) is 43.7 Å². The Morgan fingerprint density at radius 3 is 2.60 bits per heavy atom. The van der Waals surface area contributed by atoms with Crippen molar-refractivity contribution in [2.24, 2.45) is 52.6 Å². The fraction of sp³-hybridized carbons (Fsp3) is 0.579. The van der Waals surface area contributed by atoms with Gasteiger partial charge in [-0.15, -0.1) is 0 Å². The molecule has 13 atom stereocenters. The Morgan fingerprint density at radius 1 is 0.985 bits per heavy atom. The molecule has 0 radical (unpaired) electrons. The van der Waals surface area contributed by atoms with Gasteiger partial charge in [0.15, 0.2) is 17.3 Å². The number of benzene rings is 3. The smallest absolute Gasteiger partial charge is 0.160 e. The van der Waals surface area contributed by atoms with E-state index in [4.69, 9.17) is 10.5 Å². The molecule has 9 rings (SSSR count). The summed E-state index contributed by atoms with van der Waals surface area (Å²) in [7, 11) is 3.59. The molecule has 364 valence electrons. The van der Waals surface area contributed by atoms with Crippen LogP contribution >= 0.6 is 0 Å². The number of ether oxygens (including phenoxy) is 1. The number of allylic oxidation sites excluding steroid dienone is 2. The highest BCUT2D eigenvalue weighted by molar-refractivity contribution is 5.89. The summed E-state index contributed by atoms with van der Waals surface area (Å²) >= 11 is 0. The number of nitrogens with one attached hydrogen (secondary N) is 4. The first kappa shape index (κ1) is 48.3. The fourth-order valence-corrected chi connectivity index (χ4v) is 14.1. The molecule has 11 heteroatoms. The van der Waals surface area contributed by atoms with Crippen LogP contribution < -0.4 is 31.7 Å². The number of phenolic OH excluding ortho intramolecular Hbond substituents is 1. The second kappa shape index (κ2) is 21.1. The van der Waals surface area contributed by atoms with Crippen molar-refractivity contribution in [2.75, 3.05) is 46.9 Å². The highest BCUT2D eigenvalue weighted by Gasteiger charge is 2.55. The zero-order chi connectivity index (χ0) is 47.5. The van der Waals surface area contributed by atoms with Crippen LogP contribution in [0.5, 0.6) is 11.5 Å². The van der Waals surface area contributed by atoms with Crippen molar-refractivity contribution in [1.82, 2.24) is 21.3 Å². The molecule has 2 heterocycles. The molecule has 0 aromatic heterocycles. The molecule has 6 aliphatic rings. The number of dihydropyridines is 1. The number of aromatic hydroxyl groups is 1. The second-order valence-corrected chi connectivity index (χ2v) is 21.2. The van der Waals surface area contributed by atoms with Crippen LogP contribution in [0.25, 0.3) is 10.8 Å². The quantitative estimate of drug-likeness (QED) is 0.0818. The minimum absolute atomic E-state index is 0.0112. The molecule has 68 heavy (non-hydrogen) atoms. The summed E-state index contributed by atoms with van der Waals surface area (Å²) in [6, 6.07) is 18.6. The number of aryl methyl sites for hydroxylation is 1. The van der Waals surface area contributed by atoms with E-state index in [0.29, 0.717) is 111 Å². The van der Waals surface area contributed by atoms with Gasteiger partial charge in [0.05, 0.1) is 25.1 Å². The van der Waals surface area contributed by atoms with E-state index in [-0.39, 0.29) is 35.8 Å².